The Hall–Kier alpha value is -2.83. The van der Waals surface area contributed by atoms with Crippen LogP contribution in [0.2, 0.25) is 0 Å². The van der Waals surface area contributed by atoms with Gasteiger partial charge in [-0.05, 0) is 66.3 Å². The number of fused-ring (bicyclic) bond motifs is 5. The predicted octanol–water partition coefficient (Wildman–Crippen LogP) is 4.66. The van der Waals surface area contributed by atoms with Crippen LogP contribution in [0.15, 0.2) is 65.6 Å². The maximum absolute atomic E-state index is 13.8. The third-order valence-corrected chi connectivity index (χ3v) is 8.67. The molecule has 0 fully saturated rings. The molecule has 1 heterocycles. The predicted molar refractivity (Wildman–Crippen MR) is 124 cm³/mol. The highest BCUT2D eigenvalue weighted by Crippen LogP contribution is 2.48. The van der Waals surface area contributed by atoms with Crippen molar-refractivity contribution < 1.29 is 17.9 Å². The van der Waals surface area contributed by atoms with Crippen LogP contribution in [-0.2, 0) is 23.0 Å². The van der Waals surface area contributed by atoms with Gasteiger partial charge < -0.3 is 9.47 Å². The van der Waals surface area contributed by atoms with Crippen molar-refractivity contribution in [1.82, 2.24) is 4.31 Å². The number of benzene rings is 3. The highest BCUT2D eigenvalue weighted by molar-refractivity contribution is 7.89. The van der Waals surface area contributed by atoms with Crippen molar-refractivity contribution in [2.45, 2.75) is 43.2 Å². The second kappa shape index (κ2) is 7.94. The molecule has 2 atom stereocenters. The minimum atomic E-state index is -3.65. The molecule has 0 bridgehead atoms. The van der Waals surface area contributed by atoms with E-state index < -0.39 is 10.0 Å². The van der Waals surface area contributed by atoms with Crippen LogP contribution < -0.4 is 9.47 Å². The average Bonchev–Trinajstić information content (AvgIpc) is 2.82. The van der Waals surface area contributed by atoms with E-state index in [0.717, 1.165) is 29.5 Å². The summed E-state index contributed by atoms with van der Waals surface area (Å²) in [5.41, 5.74) is 5.59. The van der Waals surface area contributed by atoms with Gasteiger partial charge in [0.25, 0.3) is 0 Å². The molecular weight excluding hydrogens is 422 g/mol. The van der Waals surface area contributed by atoms with E-state index in [4.69, 9.17) is 9.47 Å². The summed E-state index contributed by atoms with van der Waals surface area (Å²) >= 11 is 0. The van der Waals surface area contributed by atoms with Crippen LogP contribution >= 0.6 is 0 Å². The van der Waals surface area contributed by atoms with E-state index in [-0.39, 0.29) is 12.0 Å². The molecule has 0 N–H and O–H groups in total. The van der Waals surface area contributed by atoms with Crippen molar-refractivity contribution in [3.05, 3.63) is 88.5 Å². The lowest BCUT2D eigenvalue weighted by molar-refractivity contribution is 0.245. The lowest BCUT2D eigenvalue weighted by Crippen LogP contribution is -2.48. The SMILES string of the molecule is COc1cc2c(cc1OC)[C@H]1c3ccccc3CN(S(=O)(=O)c3ccc(C)cc3)[C@@H]1CC2. The molecule has 1 aliphatic heterocycles. The van der Waals surface area contributed by atoms with Crippen molar-refractivity contribution >= 4 is 10.0 Å². The summed E-state index contributed by atoms with van der Waals surface area (Å²) in [6.45, 7) is 2.35. The zero-order valence-corrected chi connectivity index (χ0v) is 19.4. The summed E-state index contributed by atoms with van der Waals surface area (Å²) < 4.78 is 40.4. The van der Waals surface area contributed by atoms with Crippen LogP contribution in [0, 0.1) is 6.92 Å². The van der Waals surface area contributed by atoms with Crippen LogP contribution in [0.5, 0.6) is 11.5 Å². The van der Waals surface area contributed by atoms with E-state index in [9.17, 15) is 8.42 Å². The van der Waals surface area contributed by atoms with Crippen LogP contribution in [0.4, 0.5) is 0 Å². The van der Waals surface area contributed by atoms with Crippen molar-refractivity contribution in [2.75, 3.05) is 14.2 Å². The van der Waals surface area contributed by atoms with Crippen LogP contribution in [0.3, 0.4) is 0 Å². The standard InChI is InChI=1S/C26H27NO4S/c1-17-8-11-20(12-9-17)32(28,29)27-16-19-6-4-5-7-21(19)26-22-15-25(31-3)24(30-2)14-18(22)10-13-23(26)27/h4-9,11-12,14-15,23,26H,10,13,16H2,1-3H3/t23-,26-/m1/s1. The van der Waals surface area contributed by atoms with Gasteiger partial charge >= 0.3 is 0 Å². The highest BCUT2D eigenvalue weighted by atomic mass is 32.2. The zero-order valence-electron chi connectivity index (χ0n) is 18.5. The summed E-state index contributed by atoms with van der Waals surface area (Å²) in [4.78, 5) is 0.347. The molecule has 32 heavy (non-hydrogen) atoms. The second-order valence-electron chi connectivity index (χ2n) is 8.55. The first-order chi connectivity index (χ1) is 15.4. The molecule has 0 aromatic heterocycles. The lowest BCUT2D eigenvalue weighted by atomic mass is 9.72. The van der Waals surface area contributed by atoms with E-state index in [1.165, 1.54) is 11.1 Å². The zero-order chi connectivity index (χ0) is 22.5. The maximum atomic E-state index is 13.8. The summed E-state index contributed by atoms with van der Waals surface area (Å²) in [5, 5.41) is 0. The first-order valence-electron chi connectivity index (χ1n) is 10.8. The molecule has 5 nitrogen and oxygen atoms in total. The monoisotopic (exact) mass is 449 g/mol. The maximum Gasteiger partial charge on any atom is 0.243 e. The van der Waals surface area contributed by atoms with Gasteiger partial charge in [0.2, 0.25) is 10.0 Å². The molecule has 3 aromatic carbocycles. The van der Waals surface area contributed by atoms with Crippen LogP contribution in [-0.4, -0.2) is 33.0 Å². The minimum Gasteiger partial charge on any atom is -0.493 e. The number of hydrogen-bond donors (Lipinski definition) is 0. The van der Waals surface area contributed by atoms with Crippen molar-refractivity contribution in [3.8, 4) is 11.5 Å². The fourth-order valence-corrected chi connectivity index (χ4v) is 6.82. The largest absolute Gasteiger partial charge is 0.493 e. The molecule has 0 saturated heterocycles. The number of methoxy groups -OCH3 is 2. The Bertz CT molecular complexity index is 1270. The number of hydrogen-bond acceptors (Lipinski definition) is 4. The van der Waals surface area contributed by atoms with Gasteiger partial charge in [-0.2, -0.15) is 4.31 Å². The molecular formula is C26H27NO4S. The normalized spacial score (nSPS) is 20.1. The Balaban J connectivity index is 1.67. The fraction of sp³-hybridized carbons (Fsp3) is 0.308. The van der Waals surface area contributed by atoms with E-state index in [1.54, 1.807) is 30.7 Å². The van der Waals surface area contributed by atoms with Gasteiger partial charge in [0, 0.05) is 18.5 Å². The number of nitrogens with zero attached hydrogens (tertiary/aromatic N) is 1. The molecule has 0 spiro atoms. The number of ether oxygens (including phenoxy) is 2. The first-order valence-corrected chi connectivity index (χ1v) is 12.3. The molecule has 5 rings (SSSR count). The quantitative estimate of drug-likeness (QED) is 0.581. The Morgan fingerprint density at radius 1 is 0.875 bits per heavy atom. The number of sulfonamides is 1. The van der Waals surface area contributed by atoms with E-state index in [0.29, 0.717) is 22.9 Å². The van der Waals surface area contributed by atoms with Gasteiger partial charge in [-0.3, -0.25) is 0 Å². The summed E-state index contributed by atoms with van der Waals surface area (Å²) in [7, 11) is -0.373. The van der Waals surface area contributed by atoms with Crippen molar-refractivity contribution in [2.24, 2.45) is 0 Å². The molecule has 0 saturated carbocycles. The van der Waals surface area contributed by atoms with Crippen LogP contribution in [0.1, 0.15) is 40.2 Å². The Labute approximate surface area is 189 Å². The van der Waals surface area contributed by atoms with Gasteiger partial charge in [0.15, 0.2) is 11.5 Å². The van der Waals surface area contributed by atoms with E-state index in [1.807, 2.05) is 49.4 Å². The Kier molecular flexibility index (Phi) is 5.22. The summed E-state index contributed by atoms with van der Waals surface area (Å²) in [5.74, 6) is 1.32. The minimum absolute atomic E-state index is 0.0521. The molecule has 6 heteroatoms. The Morgan fingerprint density at radius 2 is 1.56 bits per heavy atom. The number of rotatable bonds is 4. The smallest absolute Gasteiger partial charge is 0.243 e. The molecule has 166 valence electrons. The van der Waals surface area contributed by atoms with E-state index >= 15 is 0 Å². The molecule has 1 aliphatic carbocycles. The fourth-order valence-electron chi connectivity index (χ4n) is 5.18. The van der Waals surface area contributed by atoms with Gasteiger partial charge in [-0.15, -0.1) is 0 Å². The summed E-state index contributed by atoms with van der Waals surface area (Å²) in [6, 6.07) is 19.3. The molecule has 0 radical (unpaired) electrons. The average molecular weight is 450 g/mol. The van der Waals surface area contributed by atoms with E-state index in [2.05, 4.69) is 6.07 Å². The lowest BCUT2D eigenvalue weighted by Gasteiger charge is -2.45. The Morgan fingerprint density at radius 3 is 2.28 bits per heavy atom. The van der Waals surface area contributed by atoms with Crippen molar-refractivity contribution in [3.63, 3.8) is 0 Å². The molecule has 0 amide bonds. The topological polar surface area (TPSA) is 55.8 Å². The highest BCUT2D eigenvalue weighted by Gasteiger charge is 2.44. The number of aryl methyl sites for hydroxylation is 2. The van der Waals surface area contributed by atoms with Gasteiger partial charge in [-0.25, -0.2) is 8.42 Å². The van der Waals surface area contributed by atoms with Crippen molar-refractivity contribution in [1.29, 1.82) is 0 Å². The summed E-state index contributed by atoms with van der Waals surface area (Å²) in [6.07, 6.45) is 1.55. The molecule has 2 aliphatic rings. The third-order valence-electron chi connectivity index (χ3n) is 6.79. The third kappa shape index (κ3) is 3.29. The van der Waals surface area contributed by atoms with Gasteiger partial charge in [0.05, 0.1) is 19.1 Å². The van der Waals surface area contributed by atoms with Gasteiger partial charge in [0.1, 0.15) is 0 Å². The second-order valence-corrected chi connectivity index (χ2v) is 10.4. The van der Waals surface area contributed by atoms with Crippen LogP contribution in [0.25, 0.3) is 0 Å². The molecule has 0 unspecified atom stereocenters. The molecule has 3 aromatic rings. The van der Waals surface area contributed by atoms with Gasteiger partial charge in [-0.1, -0.05) is 42.0 Å². The first kappa shape index (κ1) is 21.0.